The summed E-state index contributed by atoms with van der Waals surface area (Å²) in [4.78, 5) is 24.7. The summed E-state index contributed by atoms with van der Waals surface area (Å²) in [5.41, 5.74) is -0.0482. The second-order valence-corrected chi connectivity index (χ2v) is 8.11. The predicted octanol–water partition coefficient (Wildman–Crippen LogP) is 2.02. The lowest BCUT2D eigenvalue weighted by atomic mass is 10.1. The largest absolute Gasteiger partial charge is 0.467 e. The first-order valence-corrected chi connectivity index (χ1v) is 9.46. The van der Waals surface area contributed by atoms with E-state index in [1.54, 1.807) is 12.1 Å². The van der Waals surface area contributed by atoms with Gasteiger partial charge in [-0.15, -0.1) is 0 Å². The number of non-ortho nitro benzene ring substituents is 1. The maximum absolute atomic E-state index is 12.9. The van der Waals surface area contributed by atoms with E-state index in [0.717, 1.165) is 0 Å². The summed E-state index contributed by atoms with van der Waals surface area (Å²) in [7, 11) is -3.19. The summed E-state index contributed by atoms with van der Waals surface area (Å²) in [5.74, 6) is -0.0339. The minimum Gasteiger partial charge on any atom is -0.467 e. The monoisotopic (exact) mass is 364 g/mol. The number of sulfone groups is 1. The van der Waals surface area contributed by atoms with Crippen molar-refractivity contribution >= 4 is 21.4 Å². The van der Waals surface area contributed by atoms with Crippen LogP contribution in [0.15, 0.2) is 47.1 Å². The minimum atomic E-state index is -3.19. The van der Waals surface area contributed by atoms with Gasteiger partial charge in [0, 0.05) is 23.7 Å². The standard InChI is InChI=1S/C16H16N2O6S/c19-16(12-3-1-4-13(9-12)18(20)21)17(10-15-5-2-7-24-15)14-6-8-25(22,23)11-14/h1-5,7,9,14H,6,8,10-11H2/t14-/m0/s1. The maximum atomic E-state index is 12.9. The topological polar surface area (TPSA) is 111 Å². The maximum Gasteiger partial charge on any atom is 0.270 e. The summed E-state index contributed by atoms with van der Waals surface area (Å²) in [6.45, 7) is 0.106. The molecule has 0 radical (unpaired) electrons. The molecular weight excluding hydrogens is 348 g/mol. The number of nitro benzene ring substituents is 1. The Morgan fingerprint density at radius 1 is 1.32 bits per heavy atom. The van der Waals surface area contributed by atoms with E-state index in [2.05, 4.69) is 0 Å². The van der Waals surface area contributed by atoms with E-state index in [0.29, 0.717) is 12.2 Å². The van der Waals surface area contributed by atoms with Gasteiger partial charge in [-0.25, -0.2) is 8.42 Å². The molecule has 1 aromatic heterocycles. The predicted molar refractivity (Wildman–Crippen MR) is 88.7 cm³/mol. The van der Waals surface area contributed by atoms with Gasteiger partial charge in [-0.3, -0.25) is 14.9 Å². The van der Waals surface area contributed by atoms with Crippen molar-refractivity contribution in [2.24, 2.45) is 0 Å². The number of amides is 1. The highest BCUT2D eigenvalue weighted by atomic mass is 32.2. The van der Waals surface area contributed by atoms with Crippen molar-refractivity contribution < 1.29 is 22.6 Å². The molecule has 0 bridgehead atoms. The molecule has 0 N–H and O–H groups in total. The second-order valence-electron chi connectivity index (χ2n) is 5.88. The molecule has 8 nitrogen and oxygen atoms in total. The van der Waals surface area contributed by atoms with Gasteiger partial charge in [-0.05, 0) is 24.6 Å². The number of nitro groups is 1. The molecule has 0 saturated carbocycles. The third kappa shape index (κ3) is 3.87. The second kappa shape index (κ2) is 6.67. The molecule has 1 amide bonds. The Balaban J connectivity index is 1.91. The van der Waals surface area contributed by atoms with Crippen LogP contribution in [0.3, 0.4) is 0 Å². The van der Waals surface area contributed by atoms with Crippen molar-refractivity contribution in [3.8, 4) is 0 Å². The lowest BCUT2D eigenvalue weighted by Crippen LogP contribution is -2.40. The van der Waals surface area contributed by atoms with E-state index in [9.17, 15) is 23.3 Å². The SMILES string of the molecule is O=C(c1cccc([N+](=O)[O-])c1)N(Cc1ccco1)[C@H]1CCS(=O)(=O)C1. The molecule has 1 atom stereocenters. The number of carbonyl (C=O) groups excluding carboxylic acids is 1. The van der Waals surface area contributed by atoms with E-state index in [1.807, 2.05) is 0 Å². The van der Waals surface area contributed by atoms with E-state index < -0.39 is 26.7 Å². The molecule has 2 heterocycles. The fourth-order valence-electron chi connectivity index (χ4n) is 2.88. The van der Waals surface area contributed by atoms with Crippen LogP contribution in [0.2, 0.25) is 0 Å². The Hall–Kier alpha value is -2.68. The average Bonchev–Trinajstić information content (AvgIpc) is 3.21. The Morgan fingerprint density at radius 3 is 2.72 bits per heavy atom. The van der Waals surface area contributed by atoms with Crippen LogP contribution < -0.4 is 0 Å². The number of furan rings is 1. The van der Waals surface area contributed by atoms with Crippen molar-refractivity contribution in [2.45, 2.75) is 19.0 Å². The first-order valence-electron chi connectivity index (χ1n) is 7.64. The number of benzene rings is 1. The first kappa shape index (κ1) is 17.2. The van der Waals surface area contributed by atoms with Crippen LogP contribution in [0.4, 0.5) is 5.69 Å². The zero-order chi connectivity index (χ0) is 18.0. The number of nitrogens with zero attached hydrogens (tertiary/aromatic N) is 2. The Morgan fingerprint density at radius 2 is 2.12 bits per heavy atom. The normalized spacial score (nSPS) is 18.8. The number of carbonyl (C=O) groups is 1. The summed E-state index contributed by atoms with van der Waals surface area (Å²) in [5, 5.41) is 10.9. The molecule has 0 spiro atoms. The molecule has 1 saturated heterocycles. The highest BCUT2D eigenvalue weighted by Gasteiger charge is 2.35. The van der Waals surface area contributed by atoms with Gasteiger partial charge >= 0.3 is 0 Å². The third-order valence-corrected chi connectivity index (χ3v) is 5.87. The molecule has 25 heavy (non-hydrogen) atoms. The van der Waals surface area contributed by atoms with Crippen LogP contribution in [0, 0.1) is 10.1 Å². The van der Waals surface area contributed by atoms with Gasteiger partial charge in [0.05, 0.1) is 29.2 Å². The van der Waals surface area contributed by atoms with Crippen molar-refractivity contribution in [1.82, 2.24) is 4.90 Å². The summed E-state index contributed by atoms with van der Waals surface area (Å²) in [6, 6.07) is 8.29. The third-order valence-electron chi connectivity index (χ3n) is 4.12. The van der Waals surface area contributed by atoms with Gasteiger partial charge < -0.3 is 9.32 Å². The highest BCUT2D eigenvalue weighted by Crippen LogP contribution is 2.24. The molecule has 0 aliphatic carbocycles. The molecule has 1 aromatic carbocycles. The van der Waals surface area contributed by atoms with Crippen molar-refractivity contribution in [2.75, 3.05) is 11.5 Å². The molecule has 9 heteroatoms. The average molecular weight is 364 g/mol. The molecule has 1 aliphatic heterocycles. The van der Waals surface area contributed by atoms with E-state index in [1.165, 1.54) is 35.4 Å². The van der Waals surface area contributed by atoms with Gasteiger partial charge in [0.2, 0.25) is 0 Å². The van der Waals surface area contributed by atoms with Crippen LogP contribution in [0.25, 0.3) is 0 Å². The Bertz CT molecular complexity index is 891. The van der Waals surface area contributed by atoms with Gasteiger partial charge in [0.25, 0.3) is 11.6 Å². The van der Waals surface area contributed by atoms with Gasteiger partial charge in [-0.1, -0.05) is 6.07 Å². The van der Waals surface area contributed by atoms with Crippen molar-refractivity contribution in [3.63, 3.8) is 0 Å². The number of hydrogen-bond donors (Lipinski definition) is 0. The van der Waals surface area contributed by atoms with Crippen LogP contribution >= 0.6 is 0 Å². The number of rotatable bonds is 5. The van der Waals surface area contributed by atoms with Crippen molar-refractivity contribution in [1.29, 1.82) is 0 Å². The lowest BCUT2D eigenvalue weighted by molar-refractivity contribution is -0.384. The molecule has 132 valence electrons. The zero-order valence-electron chi connectivity index (χ0n) is 13.2. The molecule has 2 aromatic rings. The van der Waals surface area contributed by atoms with Crippen LogP contribution in [-0.2, 0) is 16.4 Å². The fourth-order valence-corrected chi connectivity index (χ4v) is 4.61. The van der Waals surface area contributed by atoms with Crippen LogP contribution in [0.5, 0.6) is 0 Å². The quantitative estimate of drug-likeness (QED) is 0.593. The highest BCUT2D eigenvalue weighted by molar-refractivity contribution is 7.91. The fraction of sp³-hybridized carbons (Fsp3) is 0.312. The Kier molecular flexibility index (Phi) is 4.58. The minimum absolute atomic E-state index is 0.0224. The molecule has 0 unspecified atom stereocenters. The van der Waals surface area contributed by atoms with Gasteiger partial charge in [0.15, 0.2) is 9.84 Å². The molecule has 3 rings (SSSR count). The van der Waals surface area contributed by atoms with Gasteiger partial charge in [0.1, 0.15) is 5.76 Å². The van der Waals surface area contributed by atoms with Gasteiger partial charge in [-0.2, -0.15) is 0 Å². The van der Waals surface area contributed by atoms with E-state index in [4.69, 9.17) is 4.42 Å². The van der Waals surface area contributed by atoms with E-state index in [-0.39, 0.29) is 29.3 Å². The molecule has 1 fully saturated rings. The smallest absolute Gasteiger partial charge is 0.270 e. The molecule has 1 aliphatic rings. The Labute approximate surface area is 144 Å². The first-order chi connectivity index (χ1) is 11.9. The summed E-state index contributed by atoms with van der Waals surface area (Å²) in [6.07, 6.45) is 1.81. The molecular formula is C16H16N2O6S. The van der Waals surface area contributed by atoms with Crippen LogP contribution in [-0.4, -0.2) is 41.7 Å². The lowest BCUT2D eigenvalue weighted by Gasteiger charge is -2.27. The number of hydrogen-bond acceptors (Lipinski definition) is 6. The summed E-state index contributed by atoms with van der Waals surface area (Å²) >= 11 is 0. The van der Waals surface area contributed by atoms with E-state index >= 15 is 0 Å². The van der Waals surface area contributed by atoms with Crippen LogP contribution in [0.1, 0.15) is 22.5 Å². The van der Waals surface area contributed by atoms with Crippen molar-refractivity contribution in [3.05, 3.63) is 64.1 Å². The summed E-state index contributed by atoms with van der Waals surface area (Å²) < 4.78 is 28.9. The zero-order valence-corrected chi connectivity index (χ0v) is 14.0.